The molecule has 1 aromatic heterocycles. The standard InChI is InChI=1S/C18H22FN3O2/c1-18(2,3)17(23)22-10-4-5-13(11-22)16-20-15(21-24-16)12-6-8-14(19)9-7-12/h6-9,13H,4-5,10-11H2,1-3H3. The number of benzene rings is 1. The molecule has 0 N–H and O–H groups in total. The van der Waals surface area contributed by atoms with Crippen molar-refractivity contribution in [3.8, 4) is 11.4 Å². The number of hydrogen-bond acceptors (Lipinski definition) is 4. The van der Waals surface area contributed by atoms with Crippen LogP contribution in [0.1, 0.15) is 45.4 Å². The summed E-state index contributed by atoms with van der Waals surface area (Å²) in [6, 6.07) is 5.99. The summed E-state index contributed by atoms with van der Waals surface area (Å²) in [5.74, 6) is 0.883. The fourth-order valence-electron chi connectivity index (χ4n) is 2.95. The van der Waals surface area contributed by atoms with Gasteiger partial charge in [0.15, 0.2) is 0 Å². The van der Waals surface area contributed by atoms with Gasteiger partial charge in [-0.2, -0.15) is 4.98 Å². The highest BCUT2D eigenvalue weighted by molar-refractivity contribution is 5.81. The van der Waals surface area contributed by atoms with E-state index in [1.165, 1.54) is 12.1 Å². The van der Waals surface area contributed by atoms with Crippen LogP contribution in [0.15, 0.2) is 28.8 Å². The fourth-order valence-corrected chi connectivity index (χ4v) is 2.95. The lowest BCUT2D eigenvalue weighted by atomic mass is 9.91. The number of carbonyl (C=O) groups excluding carboxylic acids is 1. The minimum Gasteiger partial charge on any atom is -0.341 e. The number of hydrogen-bond donors (Lipinski definition) is 0. The molecule has 6 heteroatoms. The Hall–Kier alpha value is -2.24. The molecule has 2 heterocycles. The number of amides is 1. The predicted molar refractivity (Wildman–Crippen MR) is 87.7 cm³/mol. The van der Waals surface area contributed by atoms with Crippen molar-refractivity contribution in [3.63, 3.8) is 0 Å². The van der Waals surface area contributed by atoms with E-state index in [-0.39, 0.29) is 17.6 Å². The molecule has 3 rings (SSSR count). The number of halogens is 1. The number of likely N-dealkylation sites (tertiary alicyclic amines) is 1. The summed E-state index contributed by atoms with van der Waals surface area (Å²) in [7, 11) is 0. The highest BCUT2D eigenvalue weighted by atomic mass is 19.1. The van der Waals surface area contributed by atoms with Crippen LogP contribution < -0.4 is 0 Å². The maximum absolute atomic E-state index is 13.0. The van der Waals surface area contributed by atoms with Gasteiger partial charge in [0.25, 0.3) is 0 Å². The third-order valence-electron chi connectivity index (χ3n) is 4.24. The van der Waals surface area contributed by atoms with Crippen LogP contribution in [0.25, 0.3) is 11.4 Å². The van der Waals surface area contributed by atoms with Crippen LogP contribution >= 0.6 is 0 Å². The van der Waals surface area contributed by atoms with E-state index in [4.69, 9.17) is 4.52 Å². The molecular weight excluding hydrogens is 309 g/mol. The van der Waals surface area contributed by atoms with E-state index in [0.717, 1.165) is 19.4 Å². The zero-order chi connectivity index (χ0) is 17.3. The Morgan fingerprint density at radius 3 is 2.67 bits per heavy atom. The van der Waals surface area contributed by atoms with Crippen molar-refractivity contribution in [2.75, 3.05) is 13.1 Å². The van der Waals surface area contributed by atoms with Crippen molar-refractivity contribution in [2.45, 2.75) is 39.5 Å². The first-order valence-electron chi connectivity index (χ1n) is 8.23. The average molecular weight is 331 g/mol. The van der Waals surface area contributed by atoms with Crippen molar-refractivity contribution in [2.24, 2.45) is 5.41 Å². The largest absolute Gasteiger partial charge is 0.341 e. The van der Waals surface area contributed by atoms with Gasteiger partial charge in [0, 0.05) is 24.1 Å². The Morgan fingerprint density at radius 2 is 2.00 bits per heavy atom. The molecule has 24 heavy (non-hydrogen) atoms. The van der Waals surface area contributed by atoms with Crippen LogP contribution in [0, 0.1) is 11.2 Å². The third kappa shape index (κ3) is 3.47. The molecule has 1 aromatic carbocycles. The van der Waals surface area contributed by atoms with Crippen molar-refractivity contribution < 1.29 is 13.7 Å². The number of rotatable bonds is 2. The molecule has 1 saturated heterocycles. The normalized spacial score (nSPS) is 18.7. The number of nitrogens with zero attached hydrogens (tertiary/aromatic N) is 3. The molecule has 1 unspecified atom stereocenters. The zero-order valence-corrected chi connectivity index (χ0v) is 14.3. The molecule has 1 atom stereocenters. The molecule has 0 aliphatic carbocycles. The molecule has 0 spiro atoms. The van der Waals surface area contributed by atoms with Crippen LogP contribution in [0.2, 0.25) is 0 Å². The highest BCUT2D eigenvalue weighted by Crippen LogP contribution is 2.30. The van der Waals surface area contributed by atoms with Gasteiger partial charge in [0.2, 0.25) is 17.6 Å². The summed E-state index contributed by atoms with van der Waals surface area (Å²) in [5.41, 5.74) is 0.320. The maximum Gasteiger partial charge on any atom is 0.231 e. The predicted octanol–water partition coefficient (Wildman–Crippen LogP) is 3.63. The van der Waals surface area contributed by atoms with Crippen LogP contribution in [-0.2, 0) is 4.79 Å². The fraction of sp³-hybridized carbons (Fsp3) is 0.500. The molecule has 5 nitrogen and oxygen atoms in total. The first kappa shape index (κ1) is 16.6. The molecule has 0 saturated carbocycles. The number of aromatic nitrogens is 2. The Balaban J connectivity index is 1.75. The monoisotopic (exact) mass is 331 g/mol. The lowest BCUT2D eigenvalue weighted by molar-refractivity contribution is -0.140. The summed E-state index contributed by atoms with van der Waals surface area (Å²) >= 11 is 0. The Bertz CT molecular complexity index is 719. The second kappa shape index (κ2) is 6.34. The van der Waals surface area contributed by atoms with E-state index in [2.05, 4.69) is 10.1 Å². The van der Waals surface area contributed by atoms with Gasteiger partial charge < -0.3 is 9.42 Å². The lowest BCUT2D eigenvalue weighted by Crippen LogP contribution is -2.44. The smallest absolute Gasteiger partial charge is 0.231 e. The van der Waals surface area contributed by atoms with Crippen molar-refractivity contribution in [3.05, 3.63) is 36.0 Å². The van der Waals surface area contributed by atoms with E-state index in [0.29, 0.717) is 23.8 Å². The van der Waals surface area contributed by atoms with E-state index in [1.807, 2.05) is 25.7 Å². The molecule has 1 aliphatic rings. The molecule has 0 bridgehead atoms. The van der Waals surface area contributed by atoms with Gasteiger partial charge in [-0.25, -0.2) is 4.39 Å². The third-order valence-corrected chi connectivity index (χ3v) is 4.24. The van der Waals surface area contributed by atoms with Crippen molar-refractivity contribution >= 4 is 5.91 Å². The maximum atomic E-state index is 13.0. The van der Waals surface area contributed by atoms with Gasteiger partial charge in [0.1, 0.15) is 5.82 Å². The zero-order valence-electron chi connectivity index (χ0n) is 14.3. The van der Waals surface area contributed by atoms with E-state index in [9.17, 15) is 9.18 Å². The van der Waals surface area contributed by atoms with Gasteiger partial charge in [-0.15, -0.1) is 0 Å². The second-order valence-corrected chi connectivity index (χ2v) is 7.30. The summed E-state index contributed by atoms with van der Waals surface area (Å²) in [6.07, 6.45) is 1.83. The summed E-state index contributed by atoms with van der Waals surface area (Å²) < 4.78 is 18.4. The lowest BCUT2D eigenvalue weighted by Gasteiger charge is -2.35. The molecule has 1 amide bonds. The molecular formula is C18H22FN3O2. The summed E-state index contributed by atoms with van der Waals surface area (Å²) in [4.78, 5) is 18.8. The van der Waals surface area contributed by atoms with Gasteiger partial charge in [0.05, 0.1) is 5.92 Å². The average Bonchev–Trinajstić information content (AvgIpc) is 3.04. The summed E-state index contributed by atoms with van der Waals surface area (Å²) in [6.45, 7) is 7.15. The van der Waals surface area contributed by atoms with Gasteiger partial charge in [-0.1, -0.05) is 25.9 Å². The SMILES string of the molecule is CC(C)(C)C(=O)N1CCCC(c2nc(-c3ccc(F)cc3)no2)C1. The molecule has 1 fully saturated rings. The quantitative estimate of drug-likeness (QED) is 0.843. The van der Waals surface area contributed by atoms with Gasteiger partial charge in [-0.3, -0.25) is 4.79 Å². The minimum absolute atomic E-state index is 0.0479. The van der Waals surface area contributed by atoms with Crippen molar-refractivity contribution in [1.82, 2.24) is 15.0 Å². The topological polar surface area (TPSA) is 59.2 Å². The van der Waals surface area contributed by atoms with Gasteiger partial charge >= 0.3 is 0 Å². The minimum atomic E-state index is -0.393. The van der Waals surface area contributed by atoms with Crippen LogP contribution in [0.3, 0.4) is 0 Å². The summed E-state index contributed by atoms with van der Waals surface area (Å²) in [5, 5.41) is 4.00. The molecule has 2 aromatic rings. The number of piperidine rings is 1. The second-order valence-electron chi connectivity index (χ2n) is 7.30. The van der Waals surface area contributed by atoms with Crippen LogP contribution in [0.4, 0.5) is 4.39 Å². The van der Waals surface area contributed by atoms with E-state index >= 15 is 0 Å². The highest BCUT2D eigenvalue weighted by Gasteiger charge is 2.33. The molecule has 0 radical (unpaired) electrons. The Kier molecular flexibility index (Phi) is 4.39. The van der Waals surface area contributed by atoms with Crippen molar-refractivity contribution in [1.29, 1.82) is 0 Å². The first-order valence-corrected chi connectivity index (χ1v) is 8.23. The molecule has 1 aliphatic heterocycles. The van der Waals surface area contributed by atoms with Gasteiger partial charge in [-0.05, 0) is 37.1 Å². The van der Waals surface area contributed by atoms with Crippen LogP contribution in [0.5, 0.6) is 0 Å². The van der Waals surface area contributed by atoms with E-state index in [1.54, 1.807) is 12.1 Å². The Morgan fingerprint density at radius 1 is 1.29 bits per heavy atom. The van der Waals surface area contributed by atoms with Crippen LogP contribution in [-0.4, -0.2) is 34.0 Å². The first-order chi connectivity index (χ1) is 11.3. The Labute approximate surface area is 140 Å². The molecule has 128 valence electrons. The van der Waals surface area contributed by atoms with E-state index < -0.39 is 5.41 Å². The number of carbonyl (C=O) groups is 1.